The van der Waals surface area contributed by atoms with Gasteiger partial charge in [-0.1, -0.05) is 218 Å². The van der Waals surface area contributed by atoms with E-state index in [1.54, 1.807) is 51.8 Å². The number of Topliss-reactive ketones (excluding diaryl/α,β-unsaturated/α-hetero) is 1. The second kappa shape index (κ2) is 90.8. The topological polar surface area (TPSA) is 102 Å². The lowest BCUT2D eigenvalue weighted by Crippen LogP contribution is -1.89. The fraction of sp³-hybridized carbons (Fsp3) is 0.474. The minimum atomic E-state index is -2.67. The zero-order valence-corrected chi connectivity index (χ0v) is 64.4. The van der Waals surface area contributed by atoms with E-state index in [4.69, 9.17) is 0 Å². The number of hydrogen-bond acceptors (Lipinski definition) is 8. The highest BCUT2D eigenvalue weighted by molar-refractivity contribution is 7.97. The number of thioether (sulfide) groups is 1. The van der Waals surface area contributed by atoms with Gasteiger partial charge in [0.15, 0.2) is 0 Å². The third kappa shape index (κ3) is 113. The summed E-state index contributed by atoms with van der Waals surface area (Å²) in [7, 11) is 5.47. The van der Waals surface area contributed by atoms with Gasteiger partial charge in [-0.3, -0.25) is 4.21 Å². The Morgan fingerprint density at radius 2 is 0.826 bits per heavy atom. The fourth-order valence-electron chi connectivity index (χ4n) is 4.16. The Kier molecular flexibility index (Phi) is 115. The predicted octanol–water partition coefficient (Wildman–Crippen LogP) is 22.5. The van der Waals surface area contributed by atoms with Crippen molar-refractivity contribution >= 4 is 76.7 Å². The largest absolute Gasteiger partial charge is 0.388 e. The van der Waals surface area contributed by atoms with Crippen LogP contribution in [0.3, 0.4) is 0 Å². The van der Waals surface area contributed by atoms with E-state index in [1.807, 2.05) is 147 Å². The van der Waals surface area contributed by atoms with Crippen LogP contribution in [0.5, 0.6) is 0 Å². The number of ketones is 1. The zero-order valence-electron chi connectivity index (χ0n) is 62.0. The van der Waals surface area contributed by atoms with Crippen molar-refractivity contribution in [1.29, 1.82) is 0 Å². The van der Waals surface area contributed by atoms with Crippen molar-refractivity contribution in [3.05, 3.63) is 180 Å². The van der Waals surface area contributed by atoms with Crippen LogP contribution < -0.4 is 5.32 Å². The Morgan fingerprint density at radius 1 is 0.605 bits per heavy atom. The molecule has 0 aliphatic heterocycles. The molecule has 0 aromatic heterocycles. The maximum Gasteiger partial charge on any atom is 0.144 e. The minimum Gasteiger partial charge on any atom is -0.388 e. The summed E-state index contributed by atoms with van der Waals surface area (Å²) in [5, 5.41) is 10.8. The van der Waals surface area contributed by atoms with Gasteiger partial charge in [-0.25, -0.2) is 8.42 Å². The molecule has 0 saturated carbocycles. The van der Waals surface area contributed by atoms with Crippen molar-refractivity contribution in [2.24, 2.45) is 4.99 Å². The number of sulfone groups is 1. The number of aliphatic imine (C=N–C) groups is 1. The molecular weight excluding hydrogens is 1120 g/mol. The summed E-state index contributed by atoms with van der Waals surface area (Å²) >= 11 is 1.75. The molecule has 0 spiro atoms. The molecule has 0 radical (unpaired) electrons. The molecule has 0 aliphatic rings. The van der Waals surface area contributed by atoms with Crippen molar-refractivity contribution in [2.45, 2.75) is 173 Å². The maximum absolute atomic E-state index is 9.63. The van der Waals surface area contributed by atoms with Crippen molar-refractivity contribution in [2.75, 3.05) is 72.9 Å². The first-order valence-electron chi connectivity index (χ1n) is 29.5. The Bertz CT molecular complexity index is 2470. The highest BCUT2D eigenvalue weighted by Crippen LogP contribution is 2.27. The third-order valence-corrected chi connectivity index (χ3v) is 7.83. The number of nitrogens with zero attached hydrogens (tertiary/aromatic N) is 1. The molecular formula is C76H134N2O5S3. The second-order valence-corrected chi connectivity index (χ2v) is 22.7. The molecule has 6 aromatic rings. The van der Waals surface area contributed by atoms with Crippen LogP contribution in [0.4, 0.5) is 0 Å². The lowest BCUT2D eigenvalue weighted by Gasteiger charge is -2.06. The molecule has 7 nitrogen and oxygen atoms in total. The summed E-state index contributed by atoms with van der Waals surface area (Å²) in [6.07, 6.45) is 16.7. The van der Waals surface area contributed by atoms with E-state index in [0.717, 1.165) is 12.5 Å². The zero-order chi connectivity index (χ0) is 70.5. The summed E-state index contributed by atoms with van der Waals surface area (Å²) in [4.78, 5) is 13.1. The fourth-order valence-corrected chi connectivity index (χ4v) is 4.16. The van der Waals surface area contributed by atoms with Crippen LogP contribution in [-0.4, -0.2) is 97.5 Å². The normalized spacial score (nSPS) is 8.28. The van der Waals surface area contributed by atoms with Gasteiger partial charge in [-0.15, -0.1) is 18.4 Å². The maximum atomic E-state index is 9.63. The Labute approximate surface area is 542 Å². The van der Waals surface area contributed by atoms with Gasteiger partial charge in [0.1, 0.15) is 15.6 Å². The van der Waals surface area contributed by atoms with Gasteiger partial charge in [0.05, 0.1) is 0 Å². The number of nitrogens with one attached hydrogen (secondary N) is 1. The van der Waals surface area contributed by atoms with E-state index in [2.05, 4.69) is 205 Å². The molecule has 86 heavy (non-hydrogen) atoms. The van der Waals surface area contributed by atoms with Crippen LogP contribution in [0, 0.1) is 32.6 Å². The first kappa shape index (κ1) is 109. The van der Waals surface area contributed by atoms with Gasteiger partial charge in [-0.05, 0) is 193 Å². The van der Waals surface area contributed by atoms with Gasteiger partial charge < -0.3 is 19.8 Å². The molecule has 0 fully saturated rings. The lowest BCUT2D eigenvalue weighted by atomic mass is 9.98. The molecule has 496 valence electrons. The number of hydrogen-bond donors (Lipinski definition) is 1. The van der Waals surface area contributed by atoms with Crippen LogP contribution in [-0.2, 0) is 30.2 Å². The van der Waals surface area contributed by atoms with E-state index in [1.165, 1.54) is 86.0 Å². The number of ether oxygens (including phenoxy) is 1. The summed E-state index contributed by atoms with van der Waals surface area (Å²) in [5.41, 5.74) is 8.07. The summed E-state index contributed by atoms with van der Waals surface area (Å²) in [6.45, 7) is 51.2. The van der Waals surface area contributed by atoms with Crippen molar-refractivity contribution in [1.82, 2.24) is 5.32 Å². The average Bonchev–Trinajstić information content (AvgIpc) is 3.66. The molecule has 0 heterocycles. The molecule has 0 amide bonds. The van der Waals surface area contributed by atoms with E-state index in [-0.39, 0.29) is 5.78 Å². The van der Waals surface area contributed by atoms with Gasteiger partial charge in [-0.2, -0.15) is 11.8 Å². The van der Waals surface area contributed by atoms with Crippen LogP contribution in [0.25, 0.3) is 32.3 Å². The first-order chi connectivity index (χ1) is 40.4. The molecule has 0 atom stereocenters. The van der Waals surface area contributed by atoms with Crippen LogP contribution in [0.2, 0.25) is 0 Å². The van der Waals surface area contributed by atoms with Crippen molar-refractivity contribution < 1.29 is 22.2 Å². The molecule has 1 N–H and O–H groups in total. The molecule has 6 aromatic carbocycles. The Morgan fingerprint density at radius 3 is 1.02 bits per heavy atom. The van der Waals surface area contributed by atoms with Crippen LogP contribution in [0.15, 0.2) is 168 Å². The van der Waals surface area contributed by atoms with Crippen molar-refractivity contribution in [3.8, 4) is 11.8 Å². The molecule has 0 unspecified atom stereocenters. The smallest absolute Gasteiger partial charge is 0.144 e. The molecule has 0 bridgehead atoms. The number of allylic oxidation sites excluding steroid dienone is 5. The van der Waals surface area contributed by atoms with E-state index in [0.29, 0.717) is 0 Å². The quantitative estimate of drug-likeness (QED) is 0.0699. The van der Waals surface area contributed by atoms with Gasteiger partial charge >= 0.3 is 0 Å². The van der Waals surface area contributed by atoms with E-state index in [9.17, 15) is 17.4 Å². The highest BCUT2D eigenvalue weighted by atomic mass is 32.2. The number of rotatable bonds is 0. The molecule has 6 rings (SSSR count). The second-order valence-electron chi connectivity index (χ2n) is 18.1. The number of methoxy groups -OCH3 is 1. The van der Waals surface area contributed by atoms with E-state index >= 15 is 0 Å². The number of benzene rings is 6. The average molecular weight is 1250 g/mol. The number of fused-ring (bicyclic) bond motifs is 3. The number of aryl methyl sites for hydroxylation is 3. The van der Waals surface area contributed by atoms with Crippen molar-refractivity contribution in [3.63, 3.8) is 0 Å². The van der Waals surface area contributed by atoms with E-state index < -0.39 is 20.6 Å². The molecule has 0 aliphatic carbocycles. The third-order valence-electron chi connectivity index (χ3n) is 7.83. The summed E-state index contributed by atoms with van der Waals surface area (Å²) in [6, 6.07) is 44.5. The van der Waals surface area contributed by atoms with Crippen LogP contribution in [0.1, 0.15) is 169 Å². The number of carbonyl (C=O) groups is 1. The minimum absolute atomic E-state index is 0.167. The summed E-state index contributed by atoms with van der Waals surface area (Å²) in [5.74, 6) is 5.53. The molecule has 10 heteroatoms. The lowest BCUT2D eigenvalue weighted by molar-refractivity contribution is -0.115. The summed E-state index contributed by atoms with van der Waals surface area (Å²) < 4.78 is 33.1. The van der Waals surface area contributed by atoms with Crippen LogP contribution >= 0.6 is 11.8 Å². The SMILES string of the molecule is C/C=C\C.C=C(C)C.CC.CC.CC.CC#CC.CC(C)=C(C)C.CC(C)=O.CC=NC.CCC.CNC.COC.CS(C)(=O)=O.CS(C)=O.CSC.Cc1c2ccccc2cc2ccccc12.Cc1cccc2ccccc12.Cc1ccccc1. The Hall–Kier alpha value is -5.41. The number of carbonyl (C=O) groups excluding carboxylic acids is 1. The Balaban J connectivity index is -0.0000000704. The van der Waals surface area contributed by atoms with Gasteiger partial charge in [0.25, 0.3) is 0 Å². The first-order valence-corrected chi connectivity index (χ1v) is 35.4. The monoisotopic (exact) mass is 1250 g/mol. The van der Waals surface area contributed by atoms with Gasteiger partial charge in [0.2, 0.25) is 0 Å². The standard InChI is InChI=1S/C15H12.C11H10.C7H8.C6H12.2C4H8.C4H6.C3H7N.C3H6O.C3H8.C2H7N.C2H6O2S.C2H6OS.C2H6O.C2H6S.3C2H6/c1-11-14-8-4-2-6-12(14)10-13-7-3-5-9-15(11)13;1-9-5-4-7-10-6-2-3-8-11(9)10;1-7-5-3-2-4-6-7;1-5(2)6(3)4;1-4(2)3;3*1-3-4-2;1-3(2)4;2*1-3-2;1-5(2,3)4;1-4(2)3;2*1-3-2;3*1-2/h2-10H,1H3;2-8H,1H3;2-6H,1H3;1-4H3;1H2,2-3H3;3-4H,1-2H3;1-2H3;3H,1-2H3;1-2H3;3H2,1-2H3;3H,1-2H3;1-2H3;1-2H3;2*1-2H3;3*1-2H3/b;;;;;4-3-;;;;;;;;;;;;. The predicted molar refractivity (Wildman–Crippen MR) is 410 cm³/mol. The van der Waals surface area contributed by atoms with Gasteiger partial charge in [0, 0.05) is 57.1 Å². The molecule has 0 saturated heterocycles. The highest BCUT2D eigenvalue weighted by Gasteiger charge is 2.01.